The maximum absolute atomic E-state index is 14.9. The van der Waals surface area contributed by atoms with Gasteiger partial charge in [-0.1, -0.05) is 74.7 Å². The van der Waals surface area contributed by atoms with Gasteiger partial charge in [0.25, 0.3) is 0 Å². The van der Waals surface area contributed by atoms with Crippen LogP contribution >= 0.6 is 0 Å². The van der Waals surface area contributed by atoms with E-state index in [1.807, 2.05) is 12.1 Å². The minimum Gasteiger partial charge on any atom is -0.385 e. The van der Waals surface area contributed by atoms with Gasteiger partial charge < -0.3 is 4.74 Å². The first-order valence-electron chi connectivity index (χ1n) is 13.0. The van der Waals surface area contributed by atoms with E-state index in [0.29, 0.717) is 11.5 Å². The third-order valence-corrected chi connectivity index (χ3v) is 7.46. The highest BCUT2D eigenvalue weighted by Crippen LogP contribution is 2.38. The zero-order valence-electron chi connectivity index (χ0n) is 21.2. The highest BCUT2D eigenvalue weighted by molar-refractivity contribution is 5.83. The number of ether oxygens (including phenoxy) is 1. The van der Waals surface area contributed by atoms with E-state index in [-0.39, 0.29) is 30.6 Å². The van der Waals surface area contributed by atoms with Crippen LogP contribution < -0.4 is 0 Å². The second-order valence-corrected chi connectivity index (χ2v) is 10.0. The molecule has 1 aliphatic rings. The van der Waals surface area contributed by atoms with Crippen molar-refractivity contribution in [2.45, 2.75) is 76.8 Å². The lowest BCUT2D eigenvalue weighted by molar-refractivity contribution is -0.178. The molecule has 3 rings (SSSR count). The normalized spacial score (nSPS) is 20.2. The quantitative estimate of drug-likeness (QED) is 0.217. The average molecular weight is 509 g/mol. The van der Waals surface area contributed by atoms with Crippen LogP contribution in [0.15, 0.2) is 48.5 Å². The van der Waals surface area contributed by atoms with Crippen LogP contribution in [0, 0.1) is 11.8 Å². The number of methoxy groups -OCH3 is 1. The number of benzene rings is 2. The summed E-state index contributed by atoms with van der Waals surface area (Å²) in [5.74, 6) is -2.26. The second kappa shape index (κ2) is 13.4. The smallest absolute Gasteiger partial charge is 0.385 e. The predicted octanol–water partition coefficient (Wildman–Crippen LogP) is 9.67. The number of hydrogen-bond acceptors (Lipinski definition) is 1. The molecule has 1 saturated carbocycles. The third kappa shape index (κ3) is 7.89. The molecule has 36 heavy (non-hydrogen) atoms. The van der Waals surface area contributed by atoms with Gasteiger partial charge in [0.1, 0.15) is 0 Å². The van der Waals surface area contributed by atoms with Crippen LogP contribution in [-0.4, -0.2) is 19.9 Å². The van der Waals surface area contributed by atoms with Gasteiger partial charge in [-0.2, -0.15) is 13.2 Å². The van der Waals surface area contributed by atoms with Gasteiger partial charge in [0.15, 0.2) is 11.7 Å². The maximum atomic E-state index is 14.9. The third-order valence-electron chi connectivity index (χ3n) is 7.46. The Morgan fingerprint density at radius 2 is 1.44 bits per heavy atom. The van der Waals surface area contributed by atoms with Crippen molar-refractivity contribution in [1.82, 2.24) is 0 Å². The highest BCUT2D eigenvalue weighted by atomic mass is 19.4. The van der Waals surface area contributed by atoms with Crippen molar-refractivity contribution in [2.75, 3.05) is 13.7 Å². The summed E-state index contributed by atoms with van der Waals surface area (Å²) in [6, 6.07) is 12.5. The Morgan fingerprint density at radius 3 is 1.94 bits per heavy atom. The summed E-state index contributed by atoms with van der Waals surface area (Å²) in [5, 5.41) is 0. The molecule has 1 unspecified atom stereocenters. The van der Waals surface area contributed by atoms with Gasteiger partial charge in [0.2, 0.25) is 0 Å². The van der Waals surface area contributed by atoms with Gasteiger partial charge in [-0.3, -0.25) is 0 Å². The summed E-state index contributed by atoms with van der Waals surface area (Å²) < 4.78 is 74.4. The van der Waals surface area contributed by atoms with Crippen molar-refractivity contribution in [3.05, 3.63) is 70.8 Å². The number of hydrogen-bond donors (Lipinski definition) is 0. The molecule has 6 heteroatoms. The molecule has 0 radical (unpaired) electrons. The van der Waals surface area contributed by atoms with Gasteiger partial charge >= 0.3 is 6.18 Å². The molecule has 0 bridgehead atoms. The van der Waals surface area contributed by atoms with Gasteiger partial charge in [0, 0.05) is 24.8 Å². The number of alkyl halides is 3. The molecule has 2 aromatic rings. The Balaban J connectivity index is 1.64. The molecular weight excluding hydrogens is 471 g/mol. The fourth-order valence-corrected chi connectivity index (χ4v) is 5.15. The molecule has 2 aromatic carbocycles. The van der Waals surface area contributed by atoms with Crippen molar-refractivity contribution in [1.29, 1.82) is 0 Å². The van der Waals surface area contributed by atoms with Gasteiger partial charge in [0.05, 0.1) is 5.92 Å². The molecule has 1 atom stereocenters. The predicted molar refractivity (Wildman–Crippen MR) is 136 cm³/mol. The summed E-state index contributed by atoms with van der Waals surface area (Å²) in [4.78, 5) is 0. The molecule has 0 aliphatic heterocycles. The summed E-state index contributed by atoms with van der Waals surface area (Å²) in [6.07, 6.45) is 3.79. The zero-order chi connectivity index (χ0) is 26.1. The molecule has 1 aliphatic carbocycles. The second-order valence-electron chi connectivity index (χ2n) is 10.0. The van der Waals surface area contributed by atoms with Gasteiger partial charge in [-0.05, 0) is 61.5 Å². The lowest BCUT2D eigenvalue weighted by Crippen LogP contribution is -2.26. The minimum atomic E-state index is -4.35. The molecule has 0 heterocycles. The minimum absolute atomic E-state index is 0.00382. The Morgan fingerprint density at radius 1 is 0.889 bits per heavy atom. The Bertz CT molecular complexity index is 954. The van der Waals surface area contributed by atoms with Crippen LogP contribution in [0.3, 0.4) is 0 Å². The molecule has 0 saturated heterocycles. The number of rotatable bonds is 11. The maximum Gasteiger partial charge on any atom is 0.392 e. The molecule has 198 valence electrons. The standard InChI is InChI=1S/C30H37F5O/c1-3-4-5-21-6-10-23(11-7-21)24-14-16-26(17-15-24)29(32)28(31)25-12-8-22(9-13-25)20-27(18-19-36-2)30(33,34)35/h8-9,12-17,21,23,27H,3-7,10-11,18-20H2,1-2H3/b29-28-. The van der Waals surface area contributed by atoms with Crippen LogP contribution in [0.2, 0.25) is 0 Å². The van der Waals surface area contributed by atoms with E-state index in [1.54, 1.807) is 12.1 Å². The fraction of sp³-hybridized carbons (Fsp3) is 0.533. The molecular formula is C30H37F5O. The molecule has 1 nitrogen and oxygen atoms in total. The first-order chi connectivity index (χ1) is 17.2. The van der Waals surface area contributed by atoms with Crippen molar-refractivity contribution < 1.29 is 26.7 Å². The van der Waals surface area contributed by atoms with Crippen LogP contribution in [0.5, 0.6) is 0 Å². The summed E-state index contributed by atoms with van der Waals surface area (Å²) in [6.45, 7) is 2.22. The zero-order valence-corrected chi connectivity index (χ0v) is 21.2. The molecule has 0 amide bonds. The summed E-state index contributed by atoms with van der Waals surface area (Å²) in [5.41, 5.74) is 1.75. The largest absolute Gasteiger partial charge is 0.392 e. The van der Waals surface area contributed by atoms with E-state index in [0.717, 1.165) is 24.3 Å². The highest BCUT2D eigenvalue weighted by Gasteiger charge is 2.39. The first kappa shape index (κ1) is 28.4. The molecule has 0 aromatic heterocycles. The van der Waals surface area contributed by atoms with Crippen LogP contribution in [0.1, 0.15) is 86.5 Å². The van der Waals surface area contributed by atoms with Crippen LogP contribution in [0.4, 0.5) is 22.0 Å². The van der Waals surface area contributed by atoms with E-state index >= 15 is 0 Å². The lowest BCUT2D eigenvalue weighted by atomic mass is 9.77. The average Bonchev–Trinajstić information content (AvgIpc) is 2.89. The Kier molecular flexibility index (Phi) is 10.5. The van der Waals surface area contributed by atoms with E-state index in [9.17, 15) is 22.0 Å². The number of unbranched alkanes of at least 4 members (excludes halogenated alkanes) is 1. The van der Waals surface area contributed by atoms with Crippen LogP contribution in [-0.2, 0) is 11.2 Å². The first-order valence-corrected chi connectivity index (χ1v) is 13.0. The van der Waals surface area contributed by atoms with Gasteiger partial charge in [-0.25, -0.2) is 8.78 Å². The van der Waals surface area contributed by atoms with E-state index in [2.05, 4.69) is 6.92 Å². The van der Waals surface area contributed by atoms with Gasteiger partial charge in [-0.15, -0.1) is 0 Å². The molecule has 1 fully saturated rings. The topological polar surface area (TPSA) is 9.23 Å². The van der Waals surface area contributed by atoms with Crippen molar-refractivity contribution >= 4 is 11.7 Å². The van der Waals surface area contributed by atoms with Crippen molar-refractivity contribution in [2.24, 2.45) is 11.8 Å². The Labute approximate surface area is 211 Å². The van der Waals surface area contributed by atoms with Crippen molar-refractivity contribution in [3.8, 4) is 0 Å². The van der Waals surface area contributed by atoms with Crippen molar-refractivity contribution in [3.63, 3.8) is 0 Å². The number of halogens is 5. The SMILES string of the molecule is CCCCC1CCC(c2ccc(/C(F)=C(/F)c3ccc(CC(CCOC)C(F)(F)F)cc3)cc2)CC1. The monoisotopic (exact) mass is 508 g/mol. The summed E-state index contributed by atoms with van der Waals surface area (Å²) >= 11 is 0. The van der Waals surface area contributed by atoms with E-state index in [4.69, 9.17) is 4.74 Å². The van der Waals surface area contributed by atoms with Crippen LogP contribution in [0.25, 0.3) is 11.7 Å². The summed E-state index contributed by atoms with van der Waals surface area (Å²) in [7, 11) is 1.36. The molecule has 0 N–H and O–H groups in total. The lowest BCUT2D eigenvalue weighted by Gasteiger charge is -2.28. The Hall–Kier alpha value is -2.21. The van der Waals surface area contributed by atoms with E-state index < -0.39 is 23.7 Å². The molecule has 0 spiro atoms. The van der Waals surface area contributed by atoms with E-state index in [1.165, 1.54) is 63.5 Å². The fourth-order valence-electron chi connectivity index (χ4n) is 5.15.